The molecule has 9 nitrogen and oxygen atoms in total. The number of aromatic hydroxyl groups is 5. The summed E-state index contributed by atoms with van der Waals surface area (Å²) in [6.45, 7) is 0.233. The second-order valence-corrected chi connectivity index (χ2v) is 7.85. The summed E-state index contributed by atoms with van der Waals surface area (Å²) >= 11 is 0. The predicted octanol–water partition coefficient (Wildman–Crippen LogP) is 1.84. The van der Waals surface area contributed by atoms with Gasteiger partial charge in [-0.3, -0.25) is 9.59 Å². The zero-order valence-electron chi connectivity index (χ0n) is 18.2. The number of hydrogen-bond donors (Lipinski definition) is 7. The summed E-state index contributed by atoms with van der Waals surface area (Å²) in [6, 6.07) is 13.8. The Labute approximate surface area is 195 Å². The van der Waals surface area contributed by atoms with Crippen LogP contribution in [0.15, 0.2) is 60.7 Å². The smallest absolute Gasteiger partial charge is 0.242 e. The van der Waals surface area contributed by atoms with Crippen LogP contribution in [0, 0.1) is 0 Å². The van der Waals surface area contributed by atoms with E-state index < -0.39 is 17.9 Å². The highest BCUT2D eigenvalue weighted by molar-refractivity contribution is 5.88. The maximum atomic E-state index is 12.9. The average Bonchev–Trinajstić information content (AvgIpc) is 2.79. The Balaban J connectivity index is 1.65. The SMILES string of the molecule is O=C(Cc1ccc(O)c(O)c1)N[C@@H](Cc1ccc(O)cc1)C(=O)NCCc1ccc(O)c(O)c1. The summed E-state index contributed by atoms with van der Waals surface area (Å²) in [6.07, 6.45) is 0.463. The van der Waals surface area contributed by atoms with Gasteiger partial charge in [-0.25, -0.2) is 0 Å². The van der Waals surface area contributed by atoms with Crippen LogP contribution in [0.25, 0.3) is 0 Å². The standard InChI is InChI=1S/C25H26N2O7/c28-18-5-1-15(2-6-18)11-19(27-24(33)14-17-4-8-21(30)23(32)13-17)25(34)26-10-9-16-3-7-20(29)22(31)12-16/h1-8,12-13,19,28-32H,9-11,14H2,(H,26,34)(H,27,33)/t19-/m0/s1. The first kappa shape index (κ1) is 24.2. The van der Waals surface area contributed by atoms with E-state index >= 15 is 0 Å². The molecular formula is C25H26N2O7. The van der Waals surface area contributed by atoms with Gasteiger partial charge in [0, 0.05) is 13.0 Å². The molecule has 0 aliphatic carbocycles. The van der Waals surface area contributed by atoms with Crippen LogP contribution in [0.1, 0.15) is 16.7 Å². The molecule has 0 fully saturated rings. The van der Waals surface area contributed by atoms with Gasteiger partial charge < -0.3 is 36.2 Å². The van der Waals surface area contributed by atoms with Crippen molar-refractivity contribution in [3.63, 3.8) is 0 Å². The fourth-order valence-corrected chi connectivity index (χ4v) is 3.36. The van der Waals surface area contributed by atoms with Crippen molar-refractivity contribution < 1.29 is 35.1 Å². The van der Waals surface area contributed by atoms with Crippen molar-refractivity contribution in [2.45, 2.75) is 25.3 Å². The lowest BCUT2D eigenvalue weighted by molar-refractivity contribution is -0.128. The van der Waals surface area contributed by atoms with E-state index in [1.165, 1.54) is 42.5 Å². The van der Waals surface area contributed by atoms with E-state index in [1.54, 1.807) is 18.2 Å². The summed E-state index contributed by atoms with van der Waals surface area (Å²) < 4.78 is 0. The summed E-state index contributed by atoms with van der Waals surface area (Å²) in [5, 5.41) is 53.0. The third-order valence-corrected chi connectivity index (χ3v) is 5.19. The lowest BCUT2D eigenvalue weighted by atomic mass is 10.0. The monoisotopic (exact) mass is 466 g/mol. The molecule has 0 spiro atoms. The molecule has 0 saturated heterocycles. The first-order chi connectivity index (χ1) is 16.2. The first-order valence-electron chi connectivity index (χ1n) is 10.6. The number of rotatable bonds is 9. The van der Waals surface area contributed by atoms with Crippen LogP contribution in [-0.2, 0) is 28.9 Å². The van der Waals surface area contributed by atoms with Crippen LogP contribution >= 0.6 is 0 Å². The molecule has 0 bridgehead atoms. The third-order valence-electron chi connectivity index (χ3n) is 5.19. The number of benzene rings is 3. The van der Waals surface area contributed by atoms with Crippen molar-refractivity contribution in [2.24, 2.45) is 0 Å². The Bertz CT molecular complexity index is 1160. The van der Waals surface area contributed by atoms with Crippen LogP contribution < -0.4 is 10.6 Å². The molecule has 0 aliphatic rings. The zero-order valence-corrected chi connectivity index (χ0v) is 18.2. The number of phenols is 5. The fraction of sp³-hybridized carbons (Fsp3) is 0.200. The Morgan fingerprint density at radius 2 is 1.26 bits per heavy atom. The topological polar surface area (TPSA) is 159 Å². The van der Waals surface area contributed by atoms with E-state index in [0.717, 1.165) is 5.56 Å². The molecular weight excluding hydrogens is 440 g/mol. The van der Waals surface area contributed by atoms with E-state index in [4.69, 9.17) is 0 Å². The van der Waals surface area contributed by atoms with E-state index in [-0.39, 0.29) is 48.1 Å². The number of hydrogen-bond acceptors (Lipinski definition) is 7. The van der Waals surface area contributed by atoms with E-state index in [2.05, 4.69) is 10.6 Å². The van der Waals surface area contributed by atoms with Gasteiger partial charge in [0.25, 0.3) is 0 Å². The number of carbonyl (C=O) groups excluding carboxylic acids is 2. The summed E-state index contributed by atoms with van der Waals surface area (Å²) in [5.74, 6) is -1.91. The van der Waals surface area contributed by atoms with E-state index in [1.807, 2.05) is 0 Å². The molecule has 3 aromatic carbocycles. The highest BCUT2D eigenvalue weighted by Gasteiger charge is 2.21. The average molecular weight is 466 g/mol. The van der Waals surface area contributed by atoms with Crippen molar-refractivity contribution in [3.05, 3.63) is 77.4 Å². The molecule has 1 atom stereocenters. The molecule has 3 aromatic rings. The Hall–Kier alpha value is -4.40. The van der Waals surface area contributed by atoms with E-state index in [9.17, 15) is 35.1 Å². The largest absolute Gasteiger partial charge is 0.508 e. The second-order valence-electron chi connectivity index (χ2n) is 7.85. The van der Waals surface area contributed by atoms with Crippen LogP contribution in [0.3, 0.4) is 0 Å². The Morgan fingerprint density at radius 3 is 1.88 bits per heavy atom. The number of carbonyl (C=O) groups is 2. The maximum absolute atomic E-state index is 12.9. The molecule has 0 saturated carbocycles. The van der Waals surface area contributed by atoms with Crippen molar-refractivity contribution in [1.29, 1.82) is 0 Å². The fourth-order valence-electron chi connectivity index (χ4n) is 3.36. The summed E-state index contributed by atoms with van der Waals surface area (Å²) in [5.41, 5.74) is 1.90. The minimum absolute atomic E-state index is 0.0816. The van der Waals surface area contributed by atoms with Gasteiger partial charge in [0.2, 0.25) is 11.8 Å². The van der Waals surface area contributed by atoms with Gasteiger partial charge in [-0.1, -0.05) is 24.3 Å². The lowest BCUT2D eigenvalue weighted by Gasteiger charge is -2.19. The van der Waals surface area contributed by atoms with Gasteiger partial charge in [-0.2, -0.15) is 0 Å². The quantitative estimate of drug-likeness (QED) is 0.237. The van der Waals surface area contributed by atoms with Crippen LogP contribution in [0.2, 0.25) is 0 Å². The van der Waals surface area contributed by atoms with Crippen molar-refractivity contribution in [1.82, 2.24) is 10.6 Å². The minimum atomic E-state index is -0.907. The van der Waals surface area contributed by atoms with Gasteiger partial charge in [0.05, 0.1) is 6.42 Å². The molecule has 0 unspecified atom stereocenters. The van der Waals surface area contributed by atoms with Crippen molar-refractivity contribution in [3.8, 4) is 28.7 Å². The Kier molecular flexibility index (Phi) is 7.81. The molecule has 0 aliphatic heterocycles. The summed E-state index contributed by atoms with van der Waals surface area (Å²) in [4.78, 5) is 25.5. The van der Waals surface area contributed by atoms with Crippen LogP contribution in [0.4, 0.5) is 0 Å². The number of amides is 2. The third kappa shape index (κ3) is 6.80. The highest BCUT2D eigenvalue weighted by Crippen LogP contribution is 2.25. The van der Waals surface area contributed by atoms with Crippen molar-refractivity contribution >= 4 is 11.8 Å². The molecule has 7 N–H and O–H groups in total. The molecule has 0 radical (unpaired) electrons. The number of phenolic OH excluding ortho intramolecular Hbond substituents is 5. The highest BCUT2D eigenvalue weighted by atomic mass is 16.3. The van der Waals surface area contributed by atoms with Crippen molar-refractivity contribution in [2.75, 3.05) is 6.54 Å². The first-order valence-corrected chi connectivity index (χ1v) is 10.6. The van der Waals surface area contributed by atoms with Gasteiger partial charge in [0.15, 0.2) is 23.0 Å². The maximum Gasteiger partial charge on any atom is 0.242 e. The molecule has 3 rings (SSSR count). The molecule has 0 heterocycles. The molecule has 2 amide bonds. The number of nitrogens with one attached hydrogen (secondary N) is 2. The molecule has 0 aromatic heterocycles. The minimum Gasteiger partial charge on any atom is -0.508 e. The molecule has 34 heavy (non-hydrogen) atoms. The van der Waals surface area contributed by atoms with Crippen LogP contribution in [-0.4, -0.2) is 49.9 Å². The van der Waals surface area contributed by atoms with Gasteiger partial charge in [-0.15, -0.1) is 0 Å². The van der Waals surface area contributed by atoms with Gasteiger partial charge in [-0.05, 0) is 59.5 Å². The summed E-state index contributed by atoms with van der Waals surface area (Å²) in [7, 11) is 0. The van der Waals surface area contributed by atoms with Crippen LogP contribution in [0.5, 0.6) is 28.7 Å². The second kappa shape index (κ2) is 11.0. The Morgan fingerprint density at radius 1 is 0.706 bits per heavy atom. The van der Waals surface area contributed by atoms with Gasteiger partial charge >= 0.3 is 0 Å². The lowest BCUT2D eigenvalue weighted by Crippen LogP contribution is -2.48. The van der Waals surface area contributed by atoms with E-state index in [0.29, 0.717) is 17.5 Å². The predicted molar refractivity (Wildman–Crippen MR) is 124 cm³/mol. The van der Waals surface area contributed by atoms with Gasteiger partial charge in [0.1, 0.15) is 11.8 Å². The molecule has 9 heteroatoms. The molecule has 178 valence electrons. The normalized spacial score (nSPS) is 11.5. The zero-order chi connectivity index (χ0) is 24.7.